The Kier molecular flexibility index (Phi) is 3.61. The molecule has 1 atom stereocenters. The lowest BCUT2D eigenvalue weighted by atomic mass is 10.4. The minimum Gasteiger partial charge on any atom is -0.394 e. The molecule has 0 spiro atoms. The van der Waals surface area contributed by atoms with Gasteiger partial charge in [-0.05, 0) is 20.1 Å². The van der Waals surface area contributed by atoms with Crippen LogP contribution in [0.2, 0.25) is 0 Å². The maximum atomic E-state index is 8.35. The molecule has 0 rings (SSSR count). The number of hydrogen-bond donors (Lipinski definition) is 1. The third-order valence-electron chi connectivity index (χ3n) is 0.668. The van der Waals surface area contributed by atoms with Crippen molar-refractivity contribution in [1.82, 2.24) is 0 Å². The molecule has 0 aromatic rings. The van der Waals surface area contributed by atoms with E-state index in [1.807, 2.05) is 13.8 Å². The lowest BCUT2D eigenvalue weighted by Crippen LogP contribution is -2.02. The minimum atomic E-state index is 0.0741. The molecule has 2 heteroatoms. The van der Waals surface area contributed by atoms with Gasteiger partial charge in [0.2, 0.25) is 0 Å². The van der Waals surface area contributed by atoms with Gasteiger partial charge in [-0.1, -0.05) is 0 Å². The van der Waals surface area contributed by atoms with Gasteiger partial charge in [0.15, 0.2) is 0 Å². The normalized spacial score (nSPS) is 15.3. The first-order valence-corrected chi connectivity index (χ1v) is 2.40. The predicted octanol–water partition coefficient (Wildman–Crippen LogP) is 0.458. The first-order chi connectivity index (χ1) is 3.31. The SMILES string of the molecule is CC=N[C@@H](C)CO. The highest BCUT2D eigenvalue weighted by Crippen LogP contribution is 1.82. The summed E-state index contributed by atoms with van der Waals surface area (Å²) < 4.78 is 0. The Morgan fingerprint density at radius 2 is 2.43 bits per heavy atom. The van der Waals surface area contributed by atoms with Crippen LogP contribution in [0.1, 0.15) is 13.8 Å². The van der Waals surface area contributed by atoms with Crippen LogP contribution in [0.3, 0.4) is 0 Å². The summed E-state index contributed by atoms with van der Waals surface area (Å²) in [6, 6.07) is 0.0741. The summed E-state index contributed by atoms with van der Waals surface area (Å²) in [6.45, 7) is 3.84. The van der Waals surface area contributed by atoms with Gasteiger partial charge < -0.3 is 5.11 Å². The standard InChI is InChI=1S/C5H11NO/c1-3-6-5(2)4-7/h3,5,7H,4H2,1-2H3/t5-/m0/s1. The number of nitrogens with zero attached hydrogens (tertiary/aromatic N) is 1. The molecule has 0 aliphatic rings. The first-order valence-electron chi connectivity index (χ1n) is 2.40. The summed E-state index contributed by atoms with van der Waals surface area (Å²) in [5.41, 5.74) is 0. The van der Waals surface area contributed by atoms with Gasteiger partial charge in [-0.2, -0.15) is 0 Å². The molecule has 2 nitrogen and oxygen atoms in total. The Morgan fingerprint density at radius 3 is 2.57 bits per heavy atom. The van der Waals surface area contributed by atoms with Crippen molar-refractivity contribution in [3.05, 3.63) is 0 Å². The average molecular weight is 101 g/mol. The Balaban J connectivity index is 3.16. The summed E-state index contributed by atoms with van der Waals surface area (Å²) in [6.07, 6.45) is 1.70. The smallest absolute Gasteiger partial charge is 0.0698 e. The molecule has 0 saturated carbocycles. The molecule has 0 aliphatic carbocycles. The fourth-order valence-corrected chi connectivity index (χ4v) is 0.302. The van der Waals surface area contributed by atoms with E-state index in [1.54, 1.807) is 6.21 Å². The highest BCUT2D eigenvalue weighted by Gasteiger charge is 1.88. The lowest BCUT2D eigenvalue weighted by Gasteiger charge is -1.95. The van der Waals surface area contributed by atoms with E-state index in [-0.39, 0.29) is 12.6 Å². The Morgan fingerprint density at radius 1 is 1.86 bits per heavy atom. The summed E-state index contributed by atoms with van der Waals surface area (Å²) >= 11 is 0. The highest BCUT2D eigenvalue weighted by molar-refractivity contribution is 5.53. The van der Waals surface area contributed by atoms with E-state index in [0.29, 0.717) is 0 Å². The van der Waals surface area contributed by atoms with Crippen LogP contribution < -0.4 is 0 Å². The zero-order valence-electron chi connectivity index (χ0n) is 4.76. The van der Waals surface area contributed by atoms with Gasteiger partial charge in [0, 0.05) is 0 Å². The highest BCUT2D eigenvalue weighted by atomic mass is 16.3. The Labute approximate surface area is 43.9 Å². The fourth-order valence-electron chi connectivity index (χ4n) is 0.302. The molecule has 7 heavy (non-hydrogen) atoms. The quantitative estimate of drug-likeness (QED) is 0.503. The van der Waals surface area contributed by atoms with E-state index < -0.39 is 0 Å². The maximum absolute atomic E-state index is 8.35. The van der Waals surface area contributed by atoms with Gasteiger partial charge in [-0.15, -0.1) is 0 Å². The van der Waals surface area contributed by atoms with Crippen molar-refractivity contribution in [1.29, 1.82) is 0 Å². The van der Waals surface area contributed by atoms with Crippen molar-refractivity contribution in [2.45, 2.75) is 19.9 Å². The average Bonchev–Trinajstić information content (AvgIpc) is 1.68. The van der Waals surface area contributed by atoms with Gasteiger partial charge in [-0.25, -0.2) is 0 Å². The third-order valence-corrected chi connectivity index (χ3v) is 0.668. The molecule has 0 aromatic heterocycles. The number of hydrogen-bond acceptors (Lipinski definition) is 2. The van der Waals surface area contributed by atoms with Crippen molar-refractivity contribution in [2.24, 2.45) is 4.99 Å². The van der Waals surface area contributed by atoms with Crippen LogP contribution >= 0.6 is 0 Å². The molecule has 1 N–H and O–H groups in total. The van der Waals surface area contributed by atoms with Crippen molar-refractivity contribution in [3.63, 3.8) is 0 Å². The van der Waals surface area contributed by atoms with E-state index in [2.05, 4.69) is 4.99 Å². The summed E-state index contributed by atoms with van der Waals surface area (Å²) in [7, 11) is 0. The maximum Gasteiger partial charge on any atom is 0.0698 e. The van der Waals surface area contributed by atoms with Crippen LogP contribution in [0.25, 0.3) is 0 Å². The van der Waals surface area contributed by atoms with Gasteiger partial charge in [0.1, 0.15) is 0 Å². The van der Waals surface area contributed by atoms with Crippen LogP contribution in [0.15, 0.2) is 4.99 Å². The molecule has 0 aliphatic heterocycles. The fraction of sp³-hybridized carbons (Fsp3) is 0.800. The van der Waals surface area contributed by atoms with Crippen LogP contribution in [0.5, 0.6) is 0 Å². The molecular weight excluding hydrogens is 90.1 g/mol. The van der Waals surface area contributed by atoms with Crippen molar-refractivity contribution >= 4 is 6.21 Å². The minimum absolute atomic E-state index is 0.0741. The molecule has 0 radical (unpaired) electrons. The van der Waals surface area contributed by atoms with Crippen LogP contribution in [-0.4, -0.2) is 24.0 Å². The van der Waals surface area contributed by atoms with Crippen LogP contribution in [0.4, 0.5) is 0 Å². The van der Waals surface area contributed by atoms with Crippen LogP contribution in [-0.2, 0) is 0 Å². The monoisotopic (exact) mass is 101 g/mol. The van der Waals surface area contributed by atoms with E-state index >= 15 is 0 Å². The largest absolute Gasteiger partial charge is 0.394 e. The second-order valence-corrected chi connectivity index (χ2v) is 1.44. The van der Waals surface area contributed by atoms with E-state index in [1.165, 1.54) is 0 Å². The number of aliphatic imine (C=N–C) groups is 1. The zero-order valence-corrected chi connectivity index (χ0v) is 4.76. The summed E-state index contributed by atoms with van der Waals surface area (Å²) in [5.74, 6) is 0. The molecule has 0 amide bonds. The van der Waals surface area contributed by atoms with E-state index in [4.69, 9.17) is 5.11 Å². The topological polar surface area (TPSA) is 32.6 Å². The number of aliphatic hydroxyl groups is 1. The second-order valence-electron chi connectivity index (χ2n) is 1.44. The molecule has 0 unspecified atom stereocenters. The lowest BCUT2D eigenvalue weighted by molar-refractivity contribution is 0.275. The van der Waals surface area contributed by atoms with Crippen molar-refractivity contribution in [3.8, 4) is 0 Å². The van der Waals surface area contributed by atoms with Gasteiger partial charge >= 0.3 is 0 Å². The zero-order chi connectivity index (χ0) is 5.70. The van der Waals surface area contributed by atoms with Gasteiger partial charge in [0.25, 0.3) is 0 Å². The molecule has 0 aromatic carbocycles. The van der Waals surface area contributed by atoms with Crippen molar-refractivity contribution < 1.29 is 5.11 Å². The number of rotatable bonds is 2. The van der Waals surface area contributed by atoms with E-state index in [0.717, 1.165) is 0 Å². The van der Waals surface area contributed by atoms with Crippen molar-refractivity contribution in [2.75, 3.05) is 6.61 Å². The Hall–Kier alpha value is -0.370. The molecule has 0 saturated heterocycles. The summed E-state index contributed by atoms with van der Waals surface area (Å²) in [4.78, 5) is 3.87. The summed E-state index contributed by atoms with van der Waals surface area (Å²) in [5, 5.41) is 8.35. The van der Waals surface area contributed by atoms with Crippen LogP contribution in [0, 0.1) is 0 Å². The van der Waals surface area contributed by atoms with Gasteiger partial charge in [-0.3, -0.25) is 4.99 Å². The third kappa shape index (κ3) is 3.46. The van der Waals surface area contributed by atoms with E-state index in [9.17, 15) is 0 Å². The second kappa shape index (κ2) is 3.81. The first kappa shape index (κ1) is 6.63. The predicted molar refractivity (Wildman–Crippen MR) is 30.7 cm³/mol. The number of aliphatic hydroxyl groups excluding tert-OH is 1. The molecule has 0 heterocycles. The molecule has 0 fully saturated rings. The molecule has 0 bridgehead atoms. The molecule has 42 valence electrons. The molecular formula is C5H11NO. The van der Waals surface area contributed by atoms with Gasteiger partial charge in [0.05, 0.1) is 12.6 Å². The Bertz CT molecular complexity index is 61.1.